The second kappa shape index (κ2) is 11.5. The van der Waals surface area contributed by atoms with E-state index in [1.165, 1.54) is 13.8 Å². The summed E-state index contributed by atoms with van der Waals surface area (Å²) in [6.07, 6.45) is -0.707. The van der Waals surface area contributed by atoms with E-state index in [9.17, 15) is 14.4 Å². The first-order valence-electron chi connectivity index (χ1n) is 12.1. The molecule has 0 bridgehead atoms. The fourth-order valence-corrected chi connectivity index (χ4v) is 4.19. The molecule has 1 atom stereocenters. The van der Waals surface area contributed by atoms with Crippen LogP contribution < -0.4 is 16.1 Å². The highest BCUT2D eigenvalue weighted by Gasteiger charge is 2.29. The summed E-state index contributed by atoms with van der Waals surface area (Å²) in [5.41, 5.74) is 8.98. The van der Waals surface area contributed by atoms with Crippen LogP contribution in [0.5, 0.6) is 0 Å². The molecule has 0 aromatic heterocycles. The van der Waals surface area contributed by atoms with E-state index >= 15 is 0 Å². The van der Waals surface area contributed by atoms with E-state index in [1.54, 1.807) is 0 Å². The van der Waals surface area contributed by atoms with Crippen molar-refractivity contribution in [1.29, 1.82) is 0 Å². The first-order chi connectivity index (χ1) is 17.8. The van der Waals surface area contributed by atoms with Gasteiger partial charge in [-0.15, -0.1) is 0 Å². The Morgan fingerprint density at radius 3 is 2.14 bits per heavy atom. The lowest BCUT2D eigenvalue weighted by molar-refractivity contribution is -0.122. The summed E-state index contributed by atoms with van der Waals surface area (Å²) >= 11 is 0. The van der Waals surface area contributed by atoms with Crippen LogP contribution in [0.15, 0.2) is 77.9 Å². The maximum absolute atomic E-state index is 12.4. The highest BCUT2D eigenvalue weighted by Crippen LogP contribution is 2.44. The molecule has 0 saturated heterocycles. The second-order valence-electron chi connectivity index (χ2n) is 9.03. The van der Waals surface area contributed by atoms with Gasteiger partial charge in [0.25, 0.3) is 11.8 Å². The van der Waals surface area contributed by atoms with Crippen LogP contribution in [0.1, 0.15) is 42.0 Å². The first kappa shape index (κ1) is 25.6. The molecule has 0 heterocycles. The quantitative estimate of drug-likeness (QED) is 0.322. The summed E-state index contributed by atoms with van der Waals surface area (Å²) in [6, 6.07) is 23.0. The van der Waals surface area contributed by atoms with Crippen LogP contribution in [0, 0.1) is 6.92 Å². The van der Waals surface area contributed by atoms with Crippen molar-refractivity contribution in [2.45, 2.75) is 39.3 Å². The number of hydrazone groups is 1. The Labute approximate surface area is 216 Å². The van der Waals surface area contributed by atoms with Crippen molar-refractivity contribution < 1.29 is 19.1 Å². The molecule has 190 valence electrons. The third kappa shape index (κ3) is 6.22. The predicted molar refractivity (Wildman–Crippen MR) is 142 cm³/mol. The summed E-state index contributed by atoms with van der Waals surface area (Å²) in [6.45, 7) is 5.49. The summed E-state index contributed by atoms with van der Waals surface area (Å²) in [5, 5.41) is 9.11. The highest BCUT2D eigenvalue weighted by molar-refractivity contribution is 6.37. The number of hydrogen-bond acceptors (Lipinski definition) is 5. The molecule has 0 spiro atoms. The number of amides is 3. The number of ether oxygens (including phenoxy) is 1. The Morgan fingerprint density at radius 2 is 1.51 bits per heavy atom. The predicted octanol–water partition coefficient (Wildman–Crippen LogP) is 4.03. The van der Waals surface area contributed by atoms with Crippen molar-refractivity contribution in [3.8, 4) is 11.1 Å². The molecule has 3 aromatic carbocycles. The van der Waals surface area contributed by atoms with Crippen molar-refractivity contribution in [2.24, 2.45) is 5.10 Å². The van der Waals surface area contributed by atoms with Crippen LogP contribution >= 0.6 is 0 Å². The largest absolute Gasteiger partial charge is 0.449 e. The van der Waals surface area contributed by atoms with E-state index in [0.717, 1.165) is 33.4 Å². The first-order valence-corrected chi connectivity index (χ1v) is 12.1. The average Bonchev–Trinajstić information content (AvgIpc) is 3.23. The third-order valence-electron chi connectivity index (χ3n) is 6.31. The van der Waals surface area contributed by atoms with Gasteiger partial charge in [-0.2, -0.15) is 5.10 Å². The van der Waals surface area contributed by atoms with Gasteiger partial charge in [0, 0.05) is 12.5 Å². The Balaban J connectivity index is 1.25. The second-order valence-corrected chi connectivity index (χ2v) is 9.03. The normalized spacial score (nSPS) is 13.2. The number of aryl methyl sites for hydroxylation is 1. The molecule has 0 fully saturated rings. The Kier molecular flexibility index (Phi) is 7.98. The molecule has 8 nitrogen and oxygen atoms in total. The molecular weight excluding hydrogens is 468 g/mol. The van der Waals surface area contributed by atoms with Crippen molar-refractivity contribution >= 4 is 23.6 Å². The maximum Gasteiger partial charge on any atom is 0.407 e. The van der Waals surface area contributed by atoms with Crippen LogP contribution in [0.25, 0.3) is 11.1 Å². The van der Waals surface area contributed by atoms with Gasteiger partial charge in [-0.1, -0.05) is 78.4 Å². The molecule has 0 radical (unpaired) electrons. The topological polar surface area (TPSA) is 109 Å². The van der Waals surface area contributed by atoms with E-state index in [0.29, 0.717) is 6.54 Å². The number of rotatable bonds is 8. The summed E-state index contributed by atoms with van der Waals surface area (Å²) < 4.78 is 5.48. The molecule has 3 N–H and O–H groups in total. The number of fused-ring (bicyclic) bond motifs is 3. The van der Waals surface area contributed by atoms with Crippen molar-refractivity contribution in [3.05, 3.63) is 95.1 Å². The van der Waals surface area contributed by atoms with Gasteiger partial charge in [0.2, 0.25) is 0 Å². The van der Waals surface area contributed by atoms with Crippen LogP contribution in [0.3, 0.4) is 0 Å². The minimum atomic E-state index is -0.914. The molecule has 8 heteroatoms. The Bertz CT molecular complexity index is 1290. The van der Waals surface area contributed by atoms with Crippen LogP contribution in [-0.4, -0.2) is 36.3 Å². The van der Waals surface area contributed by atoms with E-state index in [2.05, 4.69) is 33.3 Å². The van der Waals surface area contributed by atoms with Crippen LogP contribution in [-0.2, 0) is 20.9 Å². The zero-order chi connectivity index (χ0) is 26.4. The molecule has 1 aliphatic carbocycles. The van der Waals surface area contributed by atoms with Gasteiger partial charge in [0.15, 0.2) is 0 Å². The number of carbonyl (C=O) groups is 3. The number of alkyl carbamates (subject to hydrolysis) is 1. The molecule has 0 saturated carbocycles. The number of nitrogens with one attached hydrogen (secondary N) is 3. The number of benzene rings is 3. The molecule has 3 aromatic rings. The van der Waals surface area contributed by atoms with Gasteiger partial charge in [-0.25, -0.2) is 10.2 Å². The fourth-order valence-electron chi connectivity index (χ4n) is 4.19. The molecule has 3 amide bonds. The third-order valence-corrected chi connectivity index (χ3v) is 6.31. The van der Waals surface area contributed by atoms with Crippen molar-refractivity contribution in [2.75, 3.05) is 6.61 Å². The number of hydrogen-bond donors (Lipinski definition) is 3. The van der Waals surface area contributed by atoms with E-state index < -0.39 is 23.9 Å². The molecule has 1 aliphatic rings. The Hall–Kier alpha value is -4.46. The van der Waals surface area contributed by atoms with Gasteiger partial charge in [-0.05, 0) is 48.6 Å². The lowest BCUT2D eigenvalue weighted by Gasteiger charge is -2.16. The minimum Gasteiger partial charge on any atom is -0.449 e. The maximum atomic E-state index is 12.4. The Morgan fingerprint density at radius 1 is 0.919 bits per heavy atom. The highest BCUT2D eigenvalue weighted by atomic mass is 16.5. The lowest BCUT2D eigenvalue weighted by atomic mass is 9.98. The van der Waals surface area contributed by atoms with Gasteiger partial charge in [0.1, 0.15) is 18.4 Å². The molecule has 37 heavy (non-hydrogen) atoms. The summed E-state index contributed by atoms with van der Waals surface area (Å²) in [4.78, 5) is 37.0. The van der Waals surface area contributed by atoms with Gasteiger partial charge < -0.3 is 15.4 Å². The van der Waals surface area contributed by atoms with Crippen molar-refractivity contribution in [1.82, 2.24) is 16.1 Å². The van der Waals surface area contributed by atoms with Crippen LogP contribution in [0.4, 0.5) is 4.79 Å². The zero-order valence-electron chi connectivity index (χ0n) is 21.1. The SMILES string of the molecule is C/C(=N\NC(=O)[C@H](C)NC(=O)OCC1c2ccccc2-c2ccccc21)C(=O)NCc1ccc(C)cc1. The molecule has 4 rings (SSSR count). The van der Waals surface area contributed by atoms with Gasteiger partial charge in [-0.3, -0.25) is 9.59 Å². The monoisotopic (exact) mass is 498 g/mol. The number of nitrogens with zero attached hydrogens (tertiary/aromatic N) is 1. The fraction of sp³-hybridized carbons (Fsp3) is 0.241. The van der Waals surface area contributed by atoms with Gasteiger partial charge in [0.05, 0.1) is 0 Å². The summed E-state index contributed by atoms with van der Waals surface area (Å²) in [5.74, 6) is -1.05. The average molecular weight is 499 g/mol. The molecular formula is C29H30N4O4. The van der Waals surface area contributed by atoms with E-state index in [-0.39, 0.29) is 18.2 Å². The van der Waals surface area contributed by atoms with E-state index in [4.69, 9.17) is 4.74 Å². The summed E-state index contributed by atoms with van der Waals surface area (Å²) in [7, 11) is 0. The standard InChI is InChI=1S/C29H30N4O4/c1-18-12-14-21(15-13-18)16-30-27(34)20(3)32-33-28(35)19(2)31-29(36)37-17-26-24-10-6-4-8-22(24)23-9-5-7-11-25(23)26/h4-15,19,26H,16-17H2,1-3H3,(H,30,34)(H,31,36)(H,33,35)/b32-20+/t19-/m0/s1. The van der Waals surface area contributed by atoms with E-state index in [1.807, 2.05) is 67.6 Å². The molecule has 0 unspecified atom stereocenters. The lowest BCUT2D eigenvalue weighted by Crippen LogP contribution is -2.44. The number of carbonyl (C=O) groups excluding carboxylic acids is 3. The van der Waals surface area contributed by atoms with Crippen molar-refractivity contribution in [3.63, 3.8) is 0 Å². The van der Waals surface area contributed by atoms with Crippen LogP contribution in [0.2, 0.25) is 0 Å². The van der Waals surface area contributed by atoms with Gasteiger partial charge >= 0.3 is 6.09 Å². The zero-order valence-corrected chi connectivity index (χ0v) is 21.1. The smallest absolute Gasteiger partial charge is 0.407 e. The minimum absolute atomic E-state index is 0.0760. The molecule has 0 aliphatic heterocycles.